The van der Waals surface area contributed by atoms with E-state index in [0.717, 1.165) is 122 Å². The molecule has 1 aliphatic heterocycles. The van der Waals surface area contributed by atoms with E-state index in [1.54, 1.807) is 18.3 Å². The van der Waals surface area contributed by atoms with Crippen molar-refractivity contribution < 1.29 is 19.4 Å². The Morgan fingerprint density at radius 2 is 1.60 bits per heavy atom. The largest absolute Gasteiger partial charge is 0.476 e. The summed E-state index contributed by atoms with van der Waals surface area (Å²) in [6, 6.07) is 11.9. The maximum Gasteiger partial charge on any atom is 0.355 e. The monoisotopic (exact) mass is 930 g/mol. The number of carbonyl (C=O) groups is 2. The average molecular weight is 930 g/mol. The number of fused-ring (bicyclic) bond motifs is 2. The molecule has 4 fully saturated rings. The van der Waals surface area contributed by atoms with Crippen LogP contribution in [0.25, 0.3) is 21.3 Å². The van der Waals surface area contributed by atoms with E-state index in [-0.39, 0.29) is 27.5 Å². The maximum atomic E-state index is 13.0. The van der Waals surface area contributed by atoms with Gasteiger partial charge in [-0.3, -0.25) is 4.68 Å². The van der Waals surface area contributed by atoms with Gasteiger partial charge >= 0.3 is 5.97 Å². The van der Waals surface area contributed by atoms with Gasteiger partial charge in [0.1, 0.15) is 11.6 Å². The molecule has 4 aliphatic carbocycles. The van der Waals surface area contributed by atoms with E-state index in [4.69, 9.17) is 19.8 Å². The summed E-state index contributed by atoms with van der Waals surface area (Å²) < 4.78 is 10.4. The van der Waals surface area contributed by atoms with E-state index >= 15 is 0 Å². The molecule has 0 amide bonds. The van der Waals surface area contributed by atoms with Crippen LogP contribution in [0.5, 0.6) is 0 Å². The number of ketones is 1. The van der Waals surface area contributed by atoms with Gasteiger partial charge in [-0.05, 0) is 139 Å². The summed E-state index contributed by atoms with van der Waals surface area (Å²) in [6.07, 6.45) is 20.9. The summed E-state index contributed by atoms with van der Waals surface area (Å²) in [5, 5.41) is 29.1. The number of carboxylic acid groups (broad SMARTS) is 1. The number of aromatic nitrogens is 6. The van der Waals surface area contributed by atoms with Gasteiger partial charge in [0.15, 0.2) is 22.5 Å². The molecule has 358 valence electrons. The Labute approximate surface area is 400 Å². The van der Waals surface area contributed by atoms with Crippen molar-refractivity contribution in [1.29, 1.82) is 0 Å². The predicted molar refractivity (Wildman–Crippen MR) is 267 cm³/mol. The predicted octanol–water partition coefficient (Wildman–Crippen LogP) is 11.7. The zero-order valence-corrected chi connectivity index (χ0v) is 41.6. The fourth-order valence-electron chi connectivity index (χ4n) is 13.6. The molecule has 2 unspecified atom stereocenters. The summed E-state index contributed by atoms with van der Waals surface area (Å²) in [5.41, 5.74) is 5.69. The number of unbranched alkanes of at least 4 members (excludes halogenated alkanes) is 7. The number of hydrogen-bond donors (Lipinski definition) is 2. The molecule has 67 heavy (non-hydrogen) atoms. The van der Waals surface area contributed by atoms with Crippen LogP contribution in [-0.4, -0.2) is 90.6 Å². The van der Waals surface area contributed by atoms with Crippen LogP contribution in [0.4, 0.5) is 22.6 Å². The highest BCUT2D eigenvalue weighted by atomic mass is 32.1. The molecule has 2 N–H and O–H groups in total. The van der Waals surface area contributed by atoms with Crippen molar-refractivity contribution in [3.63, 3.8) is 0 Å². The van der Waals surface area contributed by atoms with Gasteiger partial charge in [-0.2, -0.15) is 5.10 Å². The van der Waals surface area contributed by atoms with Gasteiger partial charge in [-0.25, -0.2) is 14.8 Å². The minimum Gasteiger partial charge on any atom is -0.476 e. The molecule has 13 nitrogen and oxygen atoms in total. The number of para-hydroxylation sites is 1. The number of benzene rings is 1. The smallest absolute Gasteiger partial charge is 0.355 e. The van der Waals surface area contributed by atoms with Crippen molar-refractivity contribution in [3.8, 4) is 11.1 Å². The minimum absolute atomic E-state index is 0.00635. The highest BCUT2D eigenvalue weighted by Gasteiger charge is 2.66. The number of nitrogens with one attached hydrogen (secondary N) is 1. The lowest BCUT2D eigenvalue weighted by Crippen LogP contribution is -2.64. The third-order valence-corrected chi connectivity index (χ3v) is 16.4. The highest BCUT2D eigenvalue weighted by molar-refractivity contribution is 7.22. The number of Topliss-reactive ketones (excluding diaryl/α,β-unsaturated/α-hetero) is 1. The molecule has 4 bridgehead atoms. The second-order valence-corrected chi connectivity index (χ2v) is 22.8. The zero-order chi connectivity index (χ0) is 47.0. The number of rotatable bonds is 22. The first-order valence-corrected chi connectivity index (χ1v) is 25.8. The van der Waals surface area contributed by atoms with E-state index < -0.39 is 5.97 Å². The Hall–Kier alpha value is -4.79. The second-order valence-electron chi connectivity index (χ2n) is 21.8. The normalized spacial score (nSPS) is 24.2. The number of likely N-dealkylation sites (N-methyl/N-ethyl adjacent to an activating group) is 1. The average Bonchev–Trinajstić information content (AvgIpc) is 3.85. The second kappa shape index (κ2) is 19.3. The number of carboxylic acids is 1. The molecule has 2 atom stereocenters. The van der Waals surface area contributed by atoms with Crippen LogP contribution in [0, 0.1) is 30.1 Å². The van der Waals surface area contributed by atoms with Crippen molar-refractivity contribution in [2.45, 2.75) is 156 Å². The van der Waals surface area contributed by atoms with Gasteiger partial charge in [-0.15, -0.1) is 10.2 Å². The molecule has 5 aromatic rings. The van der Waals surface area contributed by atoms with Crippen LogP contribution in [0.2, 0.25) is 0 Å². The van der Waals surface area contributed by atoms with E-state index in [1.807, 2.05) is 41.4 Å². The number of anilines is 4. The number of thiazole rings is 1. The summed E-state index contributed by atoms with van der Waals surface area (Å²) >= 11 is 1.58. The van der Waals surface area contributed by atoms with Crippen LogP contribution in [0.1, 0.15) is 151 Å². The lowest BCUT2D eigenvalue weighted by molar-refractivity contribution is -0.248. The lowest BCUT2D eigenvalue weighted by atomic mass is 9.39. The van der Waals surface area contributed by atoms with E-state index in [1.165, 1.54) is 51.4 Å². The highest BCUT2D eigenvalue weighted by Crippen LogP contribution is 2.72. The molecule has 0 radical (unpaired) electrons. The Bertz CT molecular complexity index is 2550. The molecular weight excluding hydrogens is 859 g/mol. The topological polar surface area (TPSA) is 151 Å². The Morgan fingerprint density at radius 1 is 0.866 bits per heavy atom. The van der Waals surface area contributed by atoms with Crippen LogP contribution < -0.4 is 10.2 Å². The fourth-order valence-corrected chi connectivity index (χ4v) is 14.5. The van der Waals surface area contributed by atoms with E-state index in [9.17, 15) is 14.7 Å². The first kappa shape index (κ1) is 47.3. The van der Waals surface area contributed by atoms with Gasteiger partial charge < -0.3 is 29.8 Å². The number of carbonyl (C=O) groups excluding carboxylic acids is 1. The third-order valence-electron chi connectivity index (χ3n) is 15.5. The van der Waals surface area contributed by atoms with E-state index in [0.29, 0.717) is 35.3 Å². The molecule has 4 saturated carbocycles. The quantitative estimate of drug-likeness (QED) is 0.0636. The molecule has 14 heteroatoms. The van der Waals surface area contributed by atoms with Crippen molar-refractivity contribution in [2.75, 3.05) is 43.5 Å². The zero-order valence-electron chi connectivity index (χ0n) is 40.8. The number of aromatic carboxylic acids is 1. The first-order valence-electron chi connectivity index (χ1n) is 25.0. The van der Waals surface area contributed by atoms with Crippen LogP contribution in [0.3, 0.4) is 0 Å². The molecule has 5 heterocycles. The number of pyridine rings is 1. The van der Waals surface area contributed by atoms with Gasteiger partial charge in [0.2, 0.25) is 0 Å². The summed E-state index contributed by atoms with van der Waals surface area (Å²) in [6.45, 7) is 15.1. The molecular formula is C53H71N9O4S. The molecule has 10 rings (SSSR count). The summed E-state index contributed by atoms with van der Waals surface area (Å²) in [7, 11) is 2.24. The van der Waals surface area contributed by atoms with Gasteiger partial charge in [0, 0.05) is 54.0 Å². The lowest BCUT2D eigenvalue weighted by Gasteiger charge is -2.69. The van der Waals surface area contributed by atoms with Crippen molar-refractivity contribution in [3.05, 3.63) is 65.1 Å². The minimum atomic E-state index is -1.07. The summed E-state index contributed by atoms with van der Waals surface area (Å²) in [5.74, 6) is 1.15. The number of nitrogens with zero attached hydrogens (tertiary/aromatic N) is 8. The Kier molecular flexibility index (Phi) is 13.6. The molecule has 5 aliphatic rings. The maximum absolute atomic E-state index is 13.0. The fraction of sp³-hybridized carbons (Fsp3) is 0.604. The van der Waals surface area contributed by atoms with Gasteiger partial charge in [-0.1, -0.05) is 75.8 Å². The number of ether oxygens (including phenoxy) is 1. The van der Waals surface area contributed by atoms with Crippen molar-refractivity contribution in [2.24, 2.45) is 16.2 Å². The van der Waals surface area contributed by atoms with Gasteiger partial charge in [0.25, 0.3) is 0 Å². The van der Waals surface area contributed by atoms with E-state index in [2.05, 4.69) is 65.9 Å². The van der Waals surface area contributed by atoms with Crippen LogP contribution >= 0.6 is 11.3 Å². The molecule has 1 aromatic carbocycles. The molecule has 4 aromatic heterocycles. The third kappa shape index (κ3) is 10.3. The van der Waals surface area contributed by atoms with Crippen LogP contribution in [0.15, 0.2) is 42.6 Å². The number of hydrogen-bond acceptors (Lipinski definition) is 12. The standard InChI is InChI=1S/C53H71N9O4S/c1-36(63)18-13-11-9-7-8-10-12-16-24-60(6)26-27-66-53-32-50(4)29-51(5,33-53)31-52(30-50,34-53)35-62-38(3)41(28-54-62)40-22-23-44(56-45(40)48(64)65)61-25-17-19-39-37(2)46(58-59-47(39)61)57-49-55-42-20-14-15-21-43(42)67-49/h14-15,20-23,28H,7-13,16-19,24-27,29-35H2,1-6H3,(H,64,65)(H,55,57,58). The first-order chi connectivity index (χ1) is 32.1. The van der Waals surface area contributed by atoms with Crippen molar-refractivity contribution >= 4 is 55.9 Å². The van der Waals surface area contributed by atoms with Gasteiger partial charge in [0.05, 0.1) is 28.6 Å². The SMILES string of the molecule is CC(=O)CCCCCCCCCCN(C)CCOC12CC3(C)CC(C)(CC(Cn4ncc(-c5ccc(N6CCCc7c6nnc(Nc6nc8ccccc8s6)c7C)nc5C(=O)O)c4C)(C3)C1)C2. The molecule has 0 saturated heterocycles. The van der Waals surface area contributed by atoms with Crippen molar-refractivity contribution in [1.82, 2.24) is 34.8 Å². The Morgan fingerprint density at radius 3 is 2.33 bits per heavy atom. The molecule has 0 spiro atoms. The van der Waals surface area contributed by atoms with Crippen LogP contribution in [-0.2, 0) is 22.5 Å². The Balaban J connectivity index is 0.847. The summed E-state index contributed by atoms with van der Waals surface area (Å²) in [4.78, 5) is 38.2.